The van der Waals surface area contributed by atoms with Crippen LogP contribution in [-0.2, 0) is 11.3 Å². The molecule has 0 saturated heterocycles. The van der Waals surface area contributed by atoms with E-state index in [-0.39, 0.29) is 24.1 Å². The molecule has 0 aliphatic rings. The van der Waals surface area contributed by atoms with Gasteiger partial charge in [0.15, 0.2) is 0 Å². The topological polar surface area (TPSA) is 79.8 Å². The predicted octanol–water partition coefficient (Wildman–Crippen LogP) is 2.07. The summed E-state index contributed by atoms with van der Waals surface area (Å²) < 4.78 is 1.86. The molecule has 0 aromatic carbocycles. The molecule has 2 aromatic heterocycles. The summed E-state index contributed by atoms with van der Waals surface area (Å²) in [5.74, 6) is -0.0931. The van der Waals surface area contributed by atoms with Crippen molar-refractivity contribution in [3.05, 3.63) is 50.7 Å². The first-order valence-electron chi connectivity index (χ1n) is 7.76. The summed E-state index contributed by atoms with van der Waals surface area (Å²) in [5, 5.41) is 7.23. The van der Waals surface area contributed by atoms with E-state index in [1.807, 2.05) is 51.4 Å². The Morgan fingerprint density at radius 3 is 2.57 bits per heavy atom. The molecule has 2 heterocycles. The molecule has 0 radical (unpaired) electrons. The highest BCUT2D eigenvalue weighted by Gasteiger charge is 2.14. The van der Waals surface area contributed by atoms with Crippen LogP contribution in [0.2, 0.25) is 0 Å². The lowest BCUT2D eigenvalue weighted by atomic mass is 10.1. The standard InChI is InChI=1S/C17H24N4O2/c1-10-6-11(2)19-17(23)15(10)9-18-16(22)8-14(5)21-13(4)7-12(3)20-21/h6-7,14H,8-9H2,1-5H3,(H,18,22)(H,19,23). The minimum Gasteiger partial charge on any atom is -0.352 e. The number of hydrogen-bond donors (Lipinski definition) is 2. The second-order valence-electron chi connectivity index (χ2n) is 6.14. The Labute approximate surface area is 135 Å². The molecule has 2 rings (SSSR count). The Hall–Kier alpha value is -2.37. The van der Waals surface area contributed by atoms with Crippen molar-refractivity contribution in [1.29, 1.82) is 0 Å². The first-order valence-corrected chi connectivity index (χ1v) is 7.76. The van der Waals surface area contributed by atoms with Crippen LogP contribution in [0.4, 0.5) is 0 Å². The summed E-state index contributed by atoms with van der Waals surface area (Å²) in [7, 11) is 0. The van der Waals surface area contributed by atoms with E-state index in [1.54, 1.807) is 0 Å². The Bertz CT molecular complexity index is 773. The molecule has 6 heteroatoms. The largest absolute Gasteiger partial charge is 0.352 e. The number of rotatable bonds is 5. The third kappa shape index (κ3) is 4.09. The molecular weight excluding hydrogens is 292 g/mol. The van der Waals surface area contributed by atoms with Crippen LogP contribution >= 0.6 is 0 Å². The van der Waals surface area contributed by atoms with Gasteiger partial charge < -0.3 is 10.3 Å². The highest BCUT2D eigenvalue weighted by atomic mass is 16.1. The van der Waals surface area contributed by atoms with E-state index in [4.69, 9.17) is 0 Å². The number of pyridine rings is 1. The maximum Gasteiger partial charge on any atom is 0.253 e. The van der Waals surface area contributed by atoms with Gasteiger partial charge in [-0.15, -0.1) is 0 Å². The van der Waals surface area contributed by atoms with Gasteiger partial charge in [0.1, 0.15) is 0 Å². The number of H-pyrrole nitrogens is 1. The molecule has 6 nitrogen and oxygen atoms in total. The van der Waals surface area contributed by atoms with Gasteiger partial charge in [-0.05, 0) is 52.3 Å². The molecule has 2 N–H and O–H groups in total. The van der Waals surface area contributed by atoms with Gasteiger partial charge in [0.25, 0.3) is 5.56 Å². The molecule has 0 bridgehead atoms. The summed E-state index contributed by atoms with van der Waals surface area (Å²) in [6.45, 7) is 9.83. The van der Waals surface area contributed by atoms with Crippen LogP contribution in [-0.4, -0.2) is 20.7 Å². The lowest BCUT2D eigenvalue weighted by Crippen LogP contribution is -2.29. The van der Waals surface area contributed by atoms with E-state index in [1.165, 1.54) is 0 Å². The van der Waals surface area contributed by atoms with Crippen molar-refractivity contribution in [2.75, 3.05) is 0 Å². The molecule has 1 amide bonds. The van der Waals surface area contributed by atoms with Gasteiger partial charge in [0.2, 0.25) is 5.91 Å². The van der Waals surface area contributed by atoms with Crippen LogP contribution in [0, 0.1) is 27.7 Å². The normalized spacial score (nSPS) is 12.2. The van der Waals surface area contributed by atoms with Crippen molar-refractivity contribution in [1.82, 2.24) is 20.1 Å². The average Bonchev–Trinajstić information content (AvgIpc) is 2.76. The smallest absolute Gasteiger partial charge is 0.253 e. The summed E-state index contributed by atoms with van der Waals surface area (Å²) >= 11 is 0. The van der Waals surface area contributed by atoms with Gasteiger partial charge in [-0.1, -0.05) is 0 Å². The van der Waals surface area contributed by atoms with E-state index in [2.05, 4.69) is 15.4 Å². The van der Waals surface area contributed by atoms with Crippen LogP contribution in [0.3, 0.4) is 0 Å². The molecule has 0 saturated carbocycles. The van der Waals surface area contributed by atoms with Crippen molar-refractivity contribution in [2.45, 2.75) is 53.6 Å². The number of carbonyl (C=O) groups is 1. The van der Waals surface area contributed by atoms with Gasteiger partial charge in [0, 0.05) is 29.9 Å². The number of nitrogens with zero attached hydrogens (tertiary/aromatic N) is 2. The number of amides is 1. The van der Waals surface area contributed by atoms with E-state index in [0.717, 1.165) is 22.6 Å². The zero-order valence-electron chi connectivity index (χ0n) is 14.4. The Balaban J connectivity index is 1.98. The zero-order chi connectivity index (χ0) is 17.1. The van der Waals surface area contributed by atoms with E-state index >= 15 is 0 Å². The number of hydrogen-bond acceptors (Lipinski definition) is 3. The van der Waals surface area contributed by atoms with E-state index < -0.39 is 0 Å². The van der Waals surface area contributed by atoms with Gasteiger partial charge in [-0.2, -0.15) is 5.10 Å². The Morgan fingerprint density at radius 1 is 1.30 bits per heavy atom. The first-order chi connectivity index (χ1) is 10.8. The Kier molecular flexibility index (Phi) is 5.03. The molecule has 0 aliphatic heterocycles. The molecule has 1 atom stereocenters. The quantitative estimate of drug-likeness (QED) is 0.886. The Morgan fingerprint density at radius 2 is 2.00 bits per heavy atom. The van der Waals surface area contributed by atoms with Crippen LogP contribution in [0.5, 0.6) is 0 Å². The van der Waals surface area contributed by atoms with Crippen LogP contribution in [0.25, 0.3) is 0 Å². The maximum atomic E-state index is 12.1. The van der Waals surface area contributed by atoms with Crippen molar-refractivity contribution < 1.29 is 4.79 Å². The fourth-order valence-electron chi connectivity index (χ4n) is 2.81. The van der Waals surface area contributed by atoms with Gasteiger partial charge in [0.05, 0.1) is 11.7 Å². The van der Waals surface area contributed by atoms with Crippen molar-refractivity contribution in [2.24, 2.45) is 0 Å². The predicted molar refractivity (Wildman–Crippen MR) is 89.4 cm³/mol. The lowest BCUT2D eigenvalue weighted by molar-refractivity contribution is -0.122. The second-order valence-corrected chi connectivity index (χ2v) is 6.14. The van der Waals surface area contributed by atoms with Crippen LogP contribution in [0.15, 0.2) is 16.9 Å². The van der Waals surface area contributed by atoms with Crippen molar-refractivity contribution in [3.8, 4) is 0 Å². The van der Waals surface area contributed by atoms with Crippen LogP contribution in [0.1, 0.15) is 47.6 Å². The van der Waals surface area contributed by atoms with Gasteiger partial charge in [-0.3, -0.25) is 14.3 Å². The zero-order valence-corrected chi connectivity index (χ0v) is 14.4. The summed E-state index contributed by atoms with van der Waals surface area (Å²) in [6.07, 6.45) is 0.324. The third-order valence-corrected chi connectivity index (χ3v) is 3.90. The maximum absolute atomic E-state index is 12.1. The van der Waals surface area contributed by atoms with Crippen molar-refractivity contribution >= 4 is 5.91 Å². The monoisotopic (exact) mass is 316 g/mol. The SMILES string of the molecule is Cc1cc(C)n(C(C)CC(=O)NCc2c(C)cc(C)[nH]c2=O)n1. The molecule has 0 fully saturated rings. The first kappa shape index (κ1) is 17.0. The van der Waals surface area contributed by atoms with Gasteiger partial charge in [-0.25, -0.2) is 0 Å². The lowest BCUT2D eigenvalue weighted by Gasteiger charge is -2.14. The highest BCUT2D eigenvalue weighted by molar-refractivity contribution is 5.76. The number of aryl methyl sites for hydroxylation is 4. The molecule has 2 aromatic rings. The molecule has 0 aliphatic carbocycles. The van der Waals surface area contributed by atoms with Gasteiger partial charge >= 0.3 is 0 Å². The second kappa shape index (κ2) is 6.81. The number of aromatic nitrogens is 3. The van der Waals surface area contributed by atoms with Crippen molar-refractivity contribution in [3.63, 3.8) is 0 Å². The molecule has 23 heavy (non-hydrogen) atoms. The number of nitrogens with one attached hydrogen (secondary N) is 2. The minimum absolute atomic E-state index is 0.0268. The highest BCUT2D eigenvalue weighted by Crippen LogP contribution is 2.14. The summed E-state index contributed by atoms with van der Waals surface area (Å²) in [4.78, 5) is 26.8. The molecule has 124 valence electrons. The summed E-state index contributed by atoms with van der Waals surface area (Å²) in [6, 6.07) is 3.87. The molecule has 1 unspecified atom stereocenters. The van der Waals surface area contributed by atoms with Crippen LogP contribution < -0.4 is 10.9 Å². The molecule has 0 spiro atoms. The number of carbonyl (C=O) groups excluding carboxylic acids is 1. The average molecular weight is 316 g/mol. The summed E-state index contributed by atoms with van der Waals surface area (Å²) in [5.41, 5.74) is 4.14. The van der Waals surface area contributed by atoms with E-state index in [0.29, 0.717) is 12.0 Å². The fraction of sp³-hybridized carbons (Fsp3) is 0.471. The minimum atomic E-state index is -0.144. The fourth-order valence-corrected chi connectivity index (χ4v) is 2.81. The molecular formula is C17H24N4O2. The van der Waals surface area contributed by atoms with E-state index in [9.17, 15) is 9.59 Å². The third-order valence-electron chi connectivity index (χ3n) is 3.90. The number of aromatic amines is 1.